The fraction of sp³-hybridized carbons (Fsp3) is 0.429. The topological polar surface area (TPSA) is 85.8 Å². The van der Waals surface area contributed by atoms with Gasteiger partial charge in [0.25, 0.3) is 5.91 Å². The van der Waals surface area contributed by atoms with Crippen LogP contribution in [0.25, 0.3) is 0 Å². The molecule has 2 aromatic rings. The van der Waals surface area contributed by atoms with Crippen LogP contribution < -0.4 is 15.5 Å². The Hall–Kier alpha value is -2.50. The molecule has 1 aromatic heterocycles. The maximum absolute atomic E-state index is 13.6. The molecule has 0 bridgehead atoms. The van der Waals surface area contributed by atoms with Crippen LogP contribution in [0.15, 0.2) is 41.7 Å². The monoisotopic (exact) mass is 541 g/mol. The number of amides is 1. The quantitative estimate of drug-likeness (QED) is 0.252. The Morgan fingerprint density at radius 2 is 1.87 bits per heavy atom. The van der Waals surface area contributed by atoms with Gasteiger partial charge in [-0.05, 0) is 37.6 Å². The van der Waals surface area contributed by atoms with Crippen LogP contribution in [-0.2, 0) is 0 Å². The fourth-order valence-corrected chi connectivity index (χ4v) is 3.17. The van der Waals surface area contributed by atoms with Gasteiger partial charge in [0, 0.05) is 57.2 Å². The number of aliphatic imine (C=N–C) groups is 1. The lowest BCUT2D eigenvalue weighted by atomic mass is 10.1. The zero-order valence-electron chi connectivity index (χ0n) is 17.8. The van der Waals surface area contributed by atoms with E-state index < -0.39 is 0 Å². The third-order valence-electron chi connectivity index (χ3n) is 4.84. The number of carbonyl (C=O) groups is 1. The van der Waals surface area contributed by atoms with Gasteiger partial charge in [-0.1, -0.05) is 6.07 Å². The highest BCUT2D eigenvalue weighted by Crippen LogP contribution is 2.10. The van der Waals surface area contributed by atoms with Gasteiger partial charge in [0.05, 0.1) is 6.54 Å². The molecule has 0 unspecified atom stereocenters. The maximum atomic E-state index is 13.6. The first kappa shape index (κ1) is 24.8. The summed E-state index contributed by atoms with van der Waals surface area (Å²) in [4.78, 5) is 29.8. The number of carbonyl (C=O) groups excluding carboxylic acids is 1. The van der Waals surface area contributed by atoms with Crippen molar-refractivity contribution in [1.29, 1.82) is 0 Å². The Balaban J connectivity index is 0.00000341. The van der Waals surface area contributed by atoms with E-state index in [-0.39, 0.29) is 35.7 Å². The number of anilines is 1. The first-order valence-electron chi connectivity index (χ1n) is 10.2. The second kappa shape index (κ2) is 12.4. The van der Waals surface area contributed by atoms with Crippen molar-refractivity contribution in [2.24, 2.45) is 4.99 Å². The molecule has 1 amide bonds. The molecule has 0 saturated carbocycles. The van der Waals surface area contributed by atoms with Crippen LogP contribution in [0.5, 0.6) is 0 Å². The van der Waals surface area contributed by atoms with Crippen LogP contribution >= 0.6 is 24.0 Å². The smallest absolute Gasteiger partial charge is 0.251 e. The molecule has 1 fully saturated rings. The van der Waals surface area contributed by atoms with Crippen molar-refractivity contribution in [3.8, 4) is 0 Å². The van der Waals surface area contributed by atoms with Crippen LogP contribution in [0.2, 0.25) is 0 Å². The molecule has 31 heavy (non-hydrogen) atoms. The van der Waals surface area contributed by atoms with Gasteiger partial charge in [-0.15, -0.1) is 24.0 Å². The van der Waals surface area contributed by atoms with Crippen molar-refractivity contribution in [3.63, 3.8) is 0 Å². The number of rotatable bonds is 6. The summed E-state index contributed by atoms with van der Waals surface area (Å²) >= 11 is 0. The number of halogens is 2. The normalized spacial score (nSPS) is 14.1. The number of nitrogens with zero attached hydrogens (tertiary/aromatic N) is 5. The summed E-state index contributed by atoms with van der Waals surface area (Å²) in [5.74, 6) is 0.886. The minimum absolute atomic E-state index is 0. The molecule has 1 aliphatic heterocycles. The average Bonchev–Trinajstić information content (AvgIpc) is 2.78. The number of hydrogen-bond acceptors (Lipinski definition) is 5. The third-order valence-corrected chi connectivity index (χ3v) is 4.84. The first-order valence-corrected chi connectivity index (χ1v) is 10.2. The molecule has 3 rings (SSSR count). The second-order valence-electron chi connectivity index (χ2n) is 6.98. The van der Waals surface area contributed by atoms with E-state index in [0.29, 0.717) is 24.2 Å². The van der Waals surface area contributed by atoms with E-state index in [9.17, 15) is 9.18 Å². The van der Waals surface area contributed by atoms with Gasteiger partial charge in [0.2, 0.25) is 5.95 Å². The van der Waals surface area contributed by atoms with Gasteiger partial charge < -0.3 is 20.4 Å². The van der Waals surface area contributed by atoms with E-state index in [1.807, 2.05) is 13.0 Å². The van der Waals surface area contributed by atoms with Gasteiger partial charge in [0.1, 0.15) is 5.82 Å². The molecule has 0 atom stereocenters. The molecule has 1 aliphatic rings. The molecular formula is C21H29FIN7O. The van der Waals surface area contributed by atoms with Gasteiger partial charge in [0.15, 0.2) is 5.96 Å². The van der Waals surface area contributed by atoms with Crippen molar-refractivity contribution in [1.82, 2.24) is 25.5 Å². The van der Waals surface area contributed by atoms with Crippen molar-refractivity contribution in [3.05, 3.63) is 53.6 Å². The summed E-state index contributed by atoms with van der Waals surface area (Å²) in [6.07, 6.45) is 3.50. The minimum Gasteiger partial charge on any atom is -0.357 e. The second-order valence-corrected chi connectivity index (χ2v) is 6.98. The molecule has 1 saturated heterocycles. The summed E-state index contributed by atoms with van der Waals surface area (Å²) in [7, 11) is 0. The zero-order chi connectivity index (χ0) is 21.3. The molecule has 10 heteroatoms. The molecule has 0 radical (unpaired) electrons. The Bertz CT molecular complexity index is 873. The Morgan fingerprint density at radius 3 is 2.52 bits per heavy atom. The van der Waals surface area contributed by atoms with Crippen LogP contribution in [0.3, 0.4) is 0 Å². The number of aryl methyl sites for hydroxylation is 1. The molecule has 168 valence electrons. The number of aromatic nitrogens is 2. The largest absolute Gasteiger partial charge is 0.357 e. The maximum Gasteiger partial charge on any atom is 0.251 e. The van der Waals surface area contributed by atoms with Crippen LogP contribution in [0.1, 0.15) is 22.8 Å². The van der Waals surface area contributed by atoms with Crippen molar-refractivity contribution in [2.45, 2.75) is 13.8 Å². The SMILES string of the molecule is CCNC(=NCCNC(=O)c1ccc(C)c(F)c1)N1CCN(c2ncccn2)CC1.I. The molecule has 1 aromatic carbocycles. The lowest BCUT2D eigenvalue weighted by Crippen LogP contribution is -2.53. The summed E-state index contributed by atoms with van der Waals surface area (Å²) in [5.41, 5.74) is 0.832. The highest BCUT2D eigenvalue weighted by atomic mass is 127. The van der Waals surface area contributed by atoms with Crippen molar-refractivity contribution < 1.29 is 9.18 Å². The molecule has 8 nitrogen and oxygen atoms in total. The Labute approximate surface area is 199 Å². The van der Waals surface area contributed by atoms with Gasteiger partial charge in [-0.2, -0.15) is 0 Å². The van der Waals surface area contributed by atoms with Crippen LogP contribution in [-0.4, -0.2) is 72.5 Å². The molecule has 0 spiro atoms. The summed E-state index contributed by atoms with van der Waals surface area (Å²) in [6, 6.07) is 6.29. The average molecular weight is 541 g/mol. The summed E-state index contributed by atoms with van der Waals surface area (Å²) in [6.45, 7) is 8.49. The molecule has 0 aliphatic carbocycles. The zero-order valence-corrected chi connectivity index (χ0v) is 20.2. The van der Waals surface area contributed by atoms with E-state index in [0.717, 1.165) is 44.6 Å². The van der Waals surface area contributed by atoms with Crippen LogP contribution in [0.4, 0.5) is 10.3 Å². The van der Waals surface area contributed by atoms with E-state index in [4.69, 9.17) is 0 Å². The van der Waals surface area contributed by atoms with E-state index in [1.165, 1.54) is 6.07 Å². The summed E-state index contributed by atoms with van der Waals surface area (Å²) < 4.78 is 13.6. The van der Waals surface area contributed by atoms with E-state index in [2.05, 4.69) is 35.4 Å². The van der Waals surface area contributed by atoms with Gasteiger partial charge >= 0.3 is 0 Å². The third kappa shape index (κ3) is 7.01. The van der Waals surface area contributed by atoms with E-state index >= 15 is 0 Å². The molecule has 2 heterocycles. The number of nitrogens with one attached hydrogen (secondary N) is 2. The number of hydrogen-bond donors (Lipinski definition) is 2. The predicted octanol–water partition coefficient (Wildman–Crippen LogP) is 2.06. The van der Waals surface area contributed by atoms with E-state index in [1.54, 1.807) is 31.5 Å². The number of piperazine rings is 1. The highest BCUT2D eigenvalue weighted by molar-refractivity contribution is 14.0. The highest BCUT2D eigenvalue weighted by Gasteiger charge is 2.21. The minimum atomic E-state index is -0.379. The number of benzene rings is 1. The lowest BCUT2D eigenvalue weighted by molar-refractivity contribution is 0.0954. The summed E-state index contributed by atoms with van der Waals surface area (Å²) in [5, 5.41) is 6.10. The predicted molar refractivity (Wildman–Crippen MR) is 131 cm³/mol. The Morgan fingerprint density at radius 1 is 1.16 bits per heavy atom. The molecule has 2 N–H and O–H groups in total. The Kier molecular flexibility index (Phi) is 9.89. The van der Waals surface area contributed by atoms with Crippen molar-refractivity contribution in [2.75, 3.05) is 50.7 Å². The lowest BCUT2D eigenvalue weighted by Gasteiger charge is -2.36. The molecular weight excluding hydrogens is 512 g/mol. The standard InChI is InChI=1S/C21H28FN7O.HI/c1-3-23-20(28-11-13-29(14-12-28)21-25-7-4-8-26-21)27-10-9-24-19(30)17-6-5-16(2)18(22)15-17;/h4-8,15H,3,9-14H2,1-2H3,(H,23,27)(H,24,30);1H. The fourth-order valence-electron chi connectivity index (χ4n) is 3.17. The van der Waals surface area contributed by atoms with Gasteiger partial charge in [-0.25, -0.2) is 14.4 Å². The number of guanidine groups is 1. The van der Waals surface area contributed by atoms with Crippen molar-refractivity contribution >= 4 is 41.8 Å². The van der Waals surface area contributed by atoms with Gasteiger partial charge in [-0.3, -0.25) is 9.79 Å². The van der Waals surface area contributed by atoms with Crippen LogP contribution in [0, 0.1) is 12.7 Å². The first-order chi connectivity index (χ1) is 14.6.